The minimum Gasteiger partial charge on any atom is -0.314 e. The van der Waals surface area contributed by atoms with E-state index in [4.69, 9.17) is 0 Å². The van der Waals surface area contributed by atoms with Gasteiger partial charge in [-0.15, -0.1) is 0 Å². The Kier molecular flexibility index (Phi) is 5.72. The zero-order valence-electron chi connectivity index (χ0n) is 10.4. The molecule has 0 amide bonds. The van der Waals surface area contributed by atoms with Crippen LogP contribution in [0.3, 0.4) is 0 Å². The summed E-state index contributed by atoms with van der Waals surface area (Å²) in [5.74, 6) is 0.383. The van der Waals surface area contributed by atoms with Gasteiger partial charge in [0.2, 0.25) is 0 Å². The summed E-state index contributed by atoms with van der Waals surface area (Å²) in [5, 5.41) is 3.11. The molecule has 0 aromatic heterocycles. The molecule has 0 radical (unpaired) electrons. The summed E-state index contributed by atoms with van der Waals surface area (Å²) in [6.07, 6.45) is 2.73. The van der Waals surface area contributed by atoms with Gasteiger partial charge in [-0.05, 0) is 26.4 Å². The zero-order valence-corrected chi connectivity index (χ0v) is 11.2. The number of likely N-dealkylation sites (N-methyl/N-ethyl adjacent to an activating group) is 1. The number of nitrogens with one attached hydrogen (secondary N) is 1. The van der Waals surface area contributed by atoms with Crippen LogP contribution in [0.25, 0.3) is 0 Å². The Morgan fingerprint density at radius 2 is 2.12 bits per heavy atom. The molecule has 1 aliphatic rings. The van der Waals surface area contributed by atoms with Crippen LogP contribution < -0.4 is 5.32 Å². The van der Waals surface area contributed by atoms with Crippen molar-refractivity contribution in [1.29, 1.82) is 0 Å². The molecule has 5 heteroatoms. The Labute approximate surface area is 99.3 Å². The molecule has 0 aliphatic carbocycles. The summed E-state index contributed by atoms with van der Waals surface area (Å²) in [7, 11) is -0.737. The normalized spacial score (nSPS) is 24.8. The van der Waals surface area contributed by atoms with Crippen molar-refractivity contribution >= 4 is 9.84 Å². The summed E-state index contributed by atoms with van der Waals surface area (Å²) < 4.78 is 23.4. The quantitative estimate of drug-likeness (QED) is 0.695. The van der Waals surface area contributed by atoms with E-state index in [0.717, 1.165) is 38.9 Å². The minimum atomic E-state index is -2.81. The van der Waals surface area contributed by atoms with Gasteiger partial charge in [0.15, 0.2) is 9.84 Å². The largest absolute Gasteiger partial charge is 0.314 e. The lowest BCUT2D eigenvalue weighted by molar-refractivity contribution is 0.348. The van der Waals surface area contributed by atoms with Gasteiger partial charge in [0.1, 0.15) is 0 Å². The van der Waals surface area contributed by atoms with Gasteiger partial charge < -0.3 is 10.2 Å². The number of nitrogens with zero attached hydrogens (tertiary/aromatic N) is 1. The van der Waals surface area contributed by atoms with E-state index in [0.29, 0.717) is 12.3 Å². The number of sulfone groups is 1. The molecule has 1 unspecified atom stereocenters. The molecule has 1 atom stereocenters. The molecule has 1 saturated heterocycles. The first kappa shape index (κ1) is 13.9. The molecular weight excluding hydrogens is 224 g/mol. The lowest BCUT2D eigenvalue weighted by Gasteiger charge is -2.23. The first-order valence-electron chi connectivity index (χ1n) is 6.17. The Hall–Kier alpha value is -0.130. The fraction of sp³-hybridized carbons (Fsp3) is 1.00. The van der Waals surface area contributed by atoms with E-state index in [-0.39, 0.29) is 5.25 Å². The van der Waals surface area contributed by atoms with Gasteiger partial charge in [-0.2, -0.15) is 0 Å². The molecule has 1 fully saturated rings. The van der Waals surface area contributed by atoms with Crippen LogP contribution in [0.1, 0.15) is 26.2 Å². The number of rotatable bonds is 6. The van der Waals surface area contributed by atoms with Crippen molar-refractivity contribution in [3.8, 4) is 0 Å². The minimum absolute atomic E-state index is 0.145. The molecular formula is C11H24N2O2S. The molecule has 96 valence electrons. The van der Waals surface area contributed by atoms with Crippen LogP contribution >= 0.6 is 0 Å². The van der Waals surface area contributed by atoms with E-state index in [1.165, 1.54) is 0 Å². The second-order valence-corrected chi connectivity index (χ2v) is 6.99. The smallest absolute Gasteiger partial charge is 0.154 e. The monoisotopic (exact) mass is 248 g/mol. The summed E-state index contributed by atoms with van der Waals surface area (Å²) in [6, 6.07) is 0. The fourth-order valence-corrected chi connectivity index (χ4v) is 3.78. The van der Waals surface area contributed by atoms with Crippen molar-refractivity contribution in [2.75, 3.05) is 39.0 Å². The topological polar surface area (TPSA) is 49.4 Å². The Morgan fingerprint density at radius 3 is 2.75 bits per heavy atom. The molecule has 1 heterocycles. The Morgan fingerprint density at radius 1 is 1.38 bits per heavy atom. The third-order valence-electron chi connectivity index (χ3n) is 3.29. The zero-order chi connectivity index (χ0) is 12.0. The second kappa shape index (κ2) is 6.57. The summed E-state index contributed by atoms with van der Waals surface area (Å²) in [4.78, 5) is 2.21. The number of hydrogen-bond donors (Lipinski definition) is 1. The van der Waals surface area contributed by atoms with Gasteiger partial charge in [-0.3, -0.25) is 0 Å². The predicted molar refractivity (Wildman–Crippen MR) is 67.5 cm³/mol. The van der Waals surface area contributed by atoms with Crippen molar-refractivity contribution in [2.24, 2.45) is 0 Å². The SMILES string of the molecule is CCN(C)CCNCC1CCCCS1(=O)=O. The van der Waals surface area contributed by atoms with Gasteiger partial charge in [-0.1, -0.05) is 13.3 Å². The van der Waals surface area contributed by atoms with Gasteiger partial charge in [-0.25, -0.2) is 8.42 Å². The molecule has 0 saturated carbocycles. The summed E-state index contributed by atoms with van der Waals surface area (Å²) >= 11 is 0. The molecule has 0 aromatic rings. The van der Waals surface area contributed by atoms with Crippen LogP contribution in [0.4, 0.5) is 0 Å². The molecule has 1 rings (SSSR count). The third kappa shape index (κ3) is 4.39. The van der Waals surface area contributed by atoms with Crippen molar-refractivity contribution in [1.82, 2.24) is 10.2 Å². The average molecular weight is 248 g/mol. The van der Waals surface area contributed by atoms with E-state index < -0.39 is 9.84 Å². The highest BCUT2D eigenvalue weighted by atomic mass is 32.2. The van der Waals surface area contributed by atoms with E-state index in [2.05, 4.69) is 24.2 Å². The highest BCUT2D eigenvalue weighted by Crippen LogP contribution is 2.18. The lowest BCUT2D eigenvalue weighted by atomic mass is 10.2. The fourth-order valence-electron chi connectivity index (χ4n) is 1.94. The molecule has 0 bridgehead atoms. The van der Waals surface area contributed by atoms with Crippen LogP contribution in [-0.2, 0) is 9.84 Å². The maximum atomic E-state index is 11.7. The highest BCUT2D eigenvalue weighted by molar-refractivity contribution is 7.92. The maximum absolute atomic E-state index is 11.7. The predicted octanol–water partition coefficient (Wildman–Crippen LogP) is 0.495. The van der Waals surface area contributed by atoms with Crippen LogP contribution in [0.5, 0.6) is 0 Å². The van der Waals surface area contributed by atoms with E-state index in [9.17, 15) is 8.42 Å². The van der Waals surface area contributed by atoms with Gasteiger partial charge in [0.25, 0.3) is 0 Å². The van der Waals surface area contributed by atoms with E-state index in [1.807, 2.05) is 0 Å². The van der Waals surface area contributed by atoms with Crippen molar-refractivity contribution < 1.29 is 8.42 Å². The molecule has 4 nitrogen and oxygen atoms in total. The van der Waals surface area contributed by atoms with Gasteiger partial charge >= 0.3 is 0 Å². The highest BCUT2D eigenvalue weighted by Gasteiger charge is 2.27. The van der Waals surface area contributed by atoms with Gasteiger partial charge in [0, 0.05) is 19.6 Å². The van der Waals surface area contributed by atoms with Crippen molar-refractivity contribution in [2.45, 2.75) is 31.4 Å². The summed E-state index contributed by atoms with van der Waals surface area (Å²) in [6.45, 7) is 5.62. The Bertz CT molecular complexity index is 290. The van der Waals surface area contributed by atoms with Crippen LogP contribution in [0, 0.1) is 0 Å². The van der Waals surface area contributed by atoms with Gasteiger partial charge in [0.05, 0.1) is 11.0 Å². The third-order valence-corrected chi connectivity index (χ3v) is 5.57. The van der Waals surface area contributed by atoms with Crippen molar-refractivity contribution in [3.63, 3.8) is 0 Å². The standard InChI is InChI=1S/C11H24N2O2S/c1-3-13(2)8-7-12-10-11-6-4-5-9-16(11,14)15/h11-12H,3-10H2,1-2H3. The molecule has 1 aliphatic heterocycles. The van der Waals surface area contributed by atoms with Crippen LogP contribution in [0.2, 0.25) is 0 Å². The van der Waals surface area contributed by atoms with E-state index in [1.54, 1.807) is 0 Å². The Balaban J connectivity index is 2.21. The lowest BCUT2D eigenvalue weighted by Crippen LogP contribution is -2.39. The molecule has 0 spiro atoms. The molecule has 0 aromatic carbocycles. The number of hydrogen-bond acceptors (Lipinski definition) is 4. The van der Waals surface area contributed by atoms with Crippen LogP contribution in [0.15, 0.2) is 0 Å². The molecule has 1 N–H and O–H groups in total. The first-order valence-corrected chi connectivity index (χ1v) is 7.88. The maximum Gasteiger partial charge on any atom is 0.154 e. The summed E-state index contributed by atoms with van der Waals surface area (Å²) in [5.41, 5.74) is 0. The first-order chi connectivity index (χ1) is 7.56. The molecule has 16 heavy (non-hydrogen) atoms. The van der Waals surface area contributed by atoms with E-state index >= 15 is 0 Å². The van der Waals surface area contributed by atoms with Crippen molar-refractivity contribution in [3.05, 3.63) is 0 Å². The second-order valence-electron chi connectivity index (χ2n) is 4.58. The van der Waals surface area contributed by atoms with Crippen LogP contribution in [-0.4, -0.2) is 57.5 Å². The average Bonchev–Trinajstić information content (AvgIpc) is 2.25.